The van der Waals surface area contributed by atoms with E-state index in [-0.39, 0.29) is 6.04 Å². The molecule has 0 radical (unpaired) electrons. The number of hydrogen-bond acceptors (Lipinski definition) is 5. The van der Waals surface area contributed by atoms with E-state index in [1.54, 1.807) is 36.4 Å². The van der Waals surface area contributed by atoms with Gasteiger partial charge in [-0.3, -0.25) is 4.90 Å². The molecule has 4 rings (SSSR count). The number of aliphatic hydroxyl groups excluding tert-OH is 1. The topological polar surface area (TPSA) is 74.3 Å². The Morgan fingerprint density at radius 2 is 1.58 bits per heavy atom. The van der Waals surface area contributed by atoms with E-state index >= 15 is 0 Å². The van der Waals surface area contributed by atoms with Crippen molar-refractivity contribution in [2.75, 3.05) is 31.1 Å². The minimum atomic E-state index is -0.659. The van der Waals surface area contributed by atoms with Crippen LogP contribution in [0.3, 0.4) is 0 Å². The average molecular weight is 477 g/mol. The van der Waals surface area contributed by atoms with Crippen molar-refractivity contribution in [1.82, 2.24) is 4.90 Å². The van der Waals surface area contributed by atoms with Crippen LogP contribution in [0.15, 0.2) is 66.7 Å². The normalized spacial score (nSPS) is 17.2. The number of nitrogens with zero attached hydrogens (tertiary/aromatic N) is 4. The summed E-state index contributed by atoms with van der Waals surface area (Å²) in [6.45, 7) is 2.61. The van der Waals surface area contributed by atoms with Crippen LogP contribution in [-0.4, -0.2) is 36.2 Å². The first-order valence-electron chi connectivity index (χ1n) is 10.6. The van der Waals surface area contributed by atoms with Crippen LogP contribution in [-0.2, 0) is 0 Å². The summed E-state index contributed by atoms with van der Waals surface area (Å²) < 4.78 is 0. The number of rotatable bonds is 5. The quantitative estimate of drug-likeness (QED) is 0.538. The molecule has 1 N–H and O–H groups in total. The molecule has 1 aliphatic rings. The van der Waals surface area contributed by atoms with Crippen LogP contribution in [0.4, 0.5) is 5.69 Å². The second kappa shape index (κ2) is 10.3. The molecule has 1 heterocycles. The molecular weight excluding hydrogens is 455 g/mol. The summed E-state index contributed by atoms with van der Waals surface area (Å²) in [6.07, 6.45) is -0.659. The Hall–Kier alpha value is -3.06. The van der Waals surface area contributed by atoms with Crippen molar-refractivity contribution in [2.45, 2.75) is 12.1 Å². The van der Waals surface area contributed by atoms with Gasteiger partial charge in [-0.1, -0.05) is 47.5 Å². The third-order valence-corrected chi connectivity index (χ3v) is 6.52. The number of benzene rings is 3. The number of aliphatic hydroxyl groups is 1. The van der Waals surface area contributed by atoms with Crippen molar-refractivity contribution in [3.8, 4) is 12.1 Å². The van der Waals surface area contributed by atoms with E-state index in [1.807, 2.05) is 30.3 Å². The van der Waals surface area contributed by atoms with Crippen LogP contribution in [0.1, 0.15) is 34.4 Å². The van der Waals surface area contributed by atoms with Gasteiger partial charge in [0.25, 0.3) is 0 Å². The highest BCUT2D eigenvalue weighted by Crippen LogP contribution is 2.36. The number of nitriles is 2. The van der Waals surface area contributed by atoms with Crippen molar-refractivity contribution in [3.05, 3.63) is 99.0 Å². The summed E-state index contributed by atoms with van der Waals surface area (Å²) in [4.78, 5) is 4.48. The SMILES string of the molecule is N#Cc1ccc(C(O)CN2CCN(c3ccc(C#N)cc3Cl)C(c3ccc(Cl)cc3)C2)cc1. The lowest BCUT2D eigenvalue weighted by molar-refractivity contribution is 0.100. The Morgan fingerprint density at radius 1 is 0.909 bits per heavy atom. The molecule has 1 fully saturated rings. The van der Waals surface area contributed by atoms with Crippen molar-refractivity contribution in [2.24, 2.45) is 0 Å². The second-order valence-corrected chi connectivity index (χ2v) is 8.89. The second-order valence-electron chi connectivity index (χ2n) is 8.05. The van der Waals surface area contributed by atoms with E-state index < -0.39 is 6.10 Å². The van der Waals surface area contributed by atoms with Gasteiger partial charge in [0.1, 0.15) is 0 Å². The van der Waals surface area contributed by atoms with Gasteiger partial charge in [0.05, 0.1) is 46.1 Å². The van der Waals surface area contributed by atoms with E-state index in [0.29, 0.717) is 40.8 Å². The maximum atomic E-state index is 10.8. The number of piperazine rings is 1. The lowest BCUT2D eigenvalue weighted by atomic mass is 10.00. The summed E-state index contributed by atoms with van der Waals surface area (Å²) in [5, 5.41) is 30.2. The van der Waals surface area contributed by atoms with Crippen molar-refractivity contribution >= 4 is 28.9 Å². The van der Waals surface area contributed by atoms with E-state index in [0.717, 1.165) is 23.4 Å². The number of β-amino-alcohol motifs (C(OH)–C–C–N with tert-alkyl or cyclic N) is 1. The largest absolute Gasteiger partial charge is 0.387 e. The monoisotopic (exact) mass is 476 g/mol. The maximum absolute atomic E-state index is 10.8. The van der Waals surface area contributed by atoms with Gasteiger partial charge >= 0.3 is 0 Å². The molecule has 0 saturated carbocycles. The van der Waals surface area contributed by atoms with Crippen molar-refractivity contribution in [1.29, 1.82) is 10.5 Å². The highest BCUT2D eigenvalue weighted by molar-refractivity contribution is 6.33. The predicted molar refractivity (Wildman–Crippen MR) is 130 cm³/mol. The smallest absolute Gasteiger partial charge is 0.0992 e. The van der Waals surface area contributed by atoms with Gasteiger partial charge in [-0.2, -0.15) is 10.5 Å². The summed E-state index contributed by atoms with van der Waals surface area (Å²) in [5.74, 6) is 0. The first-order chi connectivity index (χ1) is 16.0. The van der Waals surface area contributed by atoms with Gasteiger partial charge < -0.3 is 10.0 Å². The molecule has 5 nitrogen and oxygen atoms in total. The first kappa shape index (κ1) is 23.1. The van der Waals surface area contributed by atoms with Crippen LogP contribution >= 0.6 is 23.2 Å². The number of halogens is 2. The van der Waals surface area contributed by atoms with Crippen LogP contribution in [0, 0.1) is 22.7 Å². The van der Waals surface area contributed by atoms with Gasteiger partial charge in [-0.25, -0.2) is 0 Å². The standard InChI is InChI=1S/C26H22Cl2N4O/c27-22-8-6-20(7-9-22)25-16-31(17-26(33)21-4-1-18(14-29)2-5-21)11-12-32(25)24-10-3-19(15-30)13-23(24)28/h1-10,13,25-26,33H,11-12,16-17H2. The third-order valence-electron chi connectivity index (χ3n) is 5.96. The van der Waals surface area contributed by atoms with Crippen LogP contribution in [0.25, 0.3) is 0 Å². The van der Waals surface area contributed by atoms with Crippen LogP contribution in [0.5, 0.6) is 0 Å². The molecule has 1 aliphatic heterocycles. The Labute approximate surface area is 203 Å². The highest BCUT2D eigenvalue weighted by atomic mass is 35.5. The Bertz CT molecular complexity index is 1200. The summed E-state index contributed by atoms with van der Waals surface area (Å²) in [6, 6.07) is 24.4. The molecule has 166 valence electrons. The molecule has 0 bridgehead atoms. The zero-order valence-corrected chi connectivity index (χ0v) is 19.3. The fourth-order valence-corrected chi connectivity index (χ4v) is 4.62. The summed E-state index contributed by atoms with van der Waals surface area (Å²) in [5.41, 5.74) is 3.85. The van der Waals surface area contributed by atoms with Crippen molar-refractivity contribution in [3.63, 3.8) is 0 Å². The molecule has 2 unspecified atom stereocenters. The van der Waals surface area contributed by atoms with Gasteiger partial charge in [-0.15, -0.1) is 0 Å². The van der Waals surface area contributed by atoms with Gasteiger partial charge in [0, 0.05) is 31.2 Å². The Kier molecular flexibility index (Phi) is 7.18. The van der Waals surface area contributed by atoms with Crippen molar-refractivity contribution < 1.29 is 5.11 Å². The van der Waals surface area contributed by atoms with Crippen LogP contribution in [0.2, 0.25) is 10.0 Å². The maximum Gasteiger partial charge on any atom is 0.0992 e. The van der Waals surface area contributed by atoms with Gasteiger partial charge in [0.15, 0.2) is 0 Å². The average Bonchev–Trinajstić information content (AvgIpc) is 2.84. The number of hydrogen-bond donors (Lipinski definition) is 1. The molecule has 3 aromatic rings. The van der Waals surface area contributed by atoms with E-state index in [4.69, 9.17) is 28.5 Å². The third kappa shape index (κ3) is 5.30. The van der Waals surface area contributed by atoms with E-state index in [9.17, 15) is 10.4 Å². The van der Waals surface area contributed by atoms with Gasteiger partial charge in [0.2, 0.25) is 0 Å². The molecular formula is C26H22Cl2N4O. The Balaban J connectivity index is 1.57. The molecule has 3 aromatic carbocycles. The van der Waals surface area contributed by atoms with E-state index in [1.165, 1.54) is 0 Å². The molecule has 33 heavy (non-hydrogen) atoms. The van der Waals surface area contributed by atoms with Crippen LogP contribution < -0.4 is 4.90 Å². The molecule has 2 atom stereocenters. The predicted octanol–water partition coefficient (Wildman–Crippen LogP) is 5.33. The summed E-state index contributed by atoms with van der Waals surface area (Å²) in [7, 11) is 0. The zero-order chi connectivity index (χ0) is 23.4. The fourth-order valence-electron chi connectivity index (χ4n) is 4.20. The molecule has 1 saturated heterocycles. The summed E-state index contributed by atoms with van der Waals surface area (Å²) >= 11 is 12.7. The lowest BCUT2D eigenvalue weighted by Crippen LogP contribution is -2.49. The molecule has 0 amide bonds. The first-order valence-corrected chi connectivity index (χ1v) is 11.4. The lowest BCUT2D eigenvalue weighted by Gasteiger charge is -2.44. The molecule has 0 aliphatic carbocycles. The number of anilines is 1. The zero-order valence-electron chi connectivity index (χ0n) is 17.8. The highest BCUT2D eigenvalue weighted by Gasteiger charge is 2.30. The minimum absolute atomic E-state index is 0.00498. The minimum Gasteiger partial charge on any atom is -0.387 e. The molecule has 7 heteroatoms. The molecule has 0 spiro atoms. The molecule has 0 aromatic heterocycles. The Morgan fingerprint density at radius 3 is 2.21 bits per heavy atom. The van der Waals surface area contributed by atoms with Gasteiger partial charge in [-0.05, 0) is 53.6 Å². The van der Waals surface area contributed by atoms with E-state index in [2.05, 4.69) is 21.9 Å². The fraction of sp³-hybridized carbons (Fsp3) is 0.231.